The van der Waals surface area contributed by atoms with E-state index >= 15 is 0 Å². The molecule has 4 aromatic rings. The van der Waals surface area contributed by atoms with Crippen LogP contribution in [-0.2, 0) is 10.0 Å². The second kappa shape index (κ2) is 9.06. The molecule has 12 heteroatoms. The highest BCUT2D eigenvalue weighted by Crippen LogP contribution is 2.29. The van der Waals surface area contributed by atoms with Crippen LogP contribution in [0.25, 0.3) is 11.0 Å². The van der Waals surface area contributed by atoms with Crippen molar-refractivity contribution >= 4 is 38.4 Å². The minimum absolute atomic E-state index is 0.0251. The number of halogens is 3. The summed E-state index contributed by atoms with van der Waals surface area (Å²) >= 11 is 0. The van der Waals surface area contributed by atoms with Crippen molar-refractivity contribution in [2.24, 2.45) is 0 Å². The number of nitrogens with one attached hydrogen (secondary N) is 2. The van der Waals surface area contributed by atoms with Crippen LogP contribution in [-0.4, -0.2) is 31.9 Å². The third kappa shape index (κ3) is 5.46. The highest BCUT2D eigenvalue weighted by molar-refractivity contribution is 7.92. The zero-order valence-corrected chi connectivity index (χ0v) is 18.3. The van der Waals surface area contributed by atoms with Crippen molar-refractivity contribution in [3.05, 3.63) is 72.8 Å². The van der Waals surface area contributed by atoms with E-state index < -0.39 is 22.1 Å². The minimum Gasteiger partial charge on any atom is -0.497 e. The van der Waals surface area contributed by atoms with Crippen LogP contribution in [0.5, 0.6) is 11.5 Å². The molecule has 0 saturated heterocycles. The average Bonchev–Trinajstić information content (AvgIpc) is 2.79. The maximum atomic E-state index is 12.9. The van der Waals surface area contributed by atoms with Crippen LogP contribution in [0, 0.1) is 0 Å². The average molecular weight is 490 g/mol. The van der Waals surface area contributed by atoms with Crippen LogP contribution in [0.2, 0.25) is 0 Å². The number of fused-ring (bicyclic) bond motifs is 1. The number of hydrogen-bond acceptors (Lipinski definition) is 7. The van der Waals surface area contributed by atoms with Gasteiger partial charge in [0.15, 0.2) is 11.6 Å². The Kier molecular flexibility index (Phi) is 6.16. The first kappa shape index (κ1) is 23.1. The van der Waals surface area contributed by atoms with Gasteiger partial charge >= 0.3 is 6.36 Å². The molecule has 0 saturated carbocycles. The first-order valence-corrected chi connectivity index (χ1v) is 11.2. The van der Waals surface area contributed by atoms with Crippen LogP contribution in [0.4, 0.5) is 30.5 Å². The molecule has 0 aliphatic heterocycles. The first-order chi connectivity index (χ1) is 16.1. The number of para-hydroxylation sites is 2. The summed E-state index contributed by atoms with van der Waals surface area (Å²) in [6, 6.07) is 17.5. The zero-order valence-electron chi connectivity index (χ0n) is 17.5. The Morgan fingerprint density at radius 3 is 1.91 bits per heavy atom. The number of alkyl halides is 3. The van der Waals surface area contributed by atoms with Gasteiger partial charge in [0.2, 0.25) is 0 Å². The van der Waals surface area contributed by atoms with Crippen molar-refractivity contribution in [1.82, 2.24) is 9.97 Å². The standard InChI is InChI=1S/C22H17F3N4O4S/c1-32-15-10-12-17(13-11-15)34(30,31)29-21-20(27-18-4-2-3-5-19(18)28-21)26-14-6-8-16(9-7-14)33-22(23,24)25/h2-13H,1H3,(H,26,27)(H,28,29). The van der Waals surface area contributed by atoms with Crippen molar-refractivity contribution in [3.63, 3.8) is 0 Å². The predicted molar refractivity (Wildman–Crippen MR) is 120 cm³/mol. The summed E-state index contributed by atoms with van der Waals surface area (Å²) in [5.41, 5.74) is 1.26. The molecule has 0 aliphatic rings. The molecule has 3 aromatic carbocycles. The van der Waals surface area contributed by atoms with E-state index in [-0.39, 0.29) is 16.5 Å². The van der Waals surface area contributed by atoms with Crippen LogP contribution in [0.15, 0.2) is 77.7 Å². The van der Waals surface area contributed by atoms with E-state index in [1.165, 1.54) is 43.5 Å². The first-order valence-electron chi connectivity index (χ1n) is 9.69. The van der Waals surface area contributed by atoms with E-state index in [0.29, 0.717) is 22.5 Å². The molecule has 176 valence electrons. The Bertz CT molecular complexity index is 1410. The third-order valence-electron chi connectivity index (χ3n) is 4.52. The van der Waals surface area contributed by atoms with E-state index in [1.807, 2.05) is 0 Å². The molecule has 0 bridgehead atoms. The number of rotatable bonds is 7. The third-order valence-corrected chi connectivity index (χ3v) is 5.88. The summed E-state index contributed by atoms with van der Waals surface area (Å²) in [5, 5.41) is 2.89. The Balaban J connectivity index is 1.67. The van der Waals surface area contributed by atoms with Crippen molar-refractivity contribution in [3.8, 4) is 11.5 Å². The van der Waals surface area contributed by atoms with Gasteiger partial charge in [-0.25, -0.2) is 18.4 Å². The molecule has 2 N–H and O–H groups in total. The fourth-order valence-corrected chi connectivity index (χ4v) is 3.99. The number of nitrogens with zero attached hydrogens (tertiary/aromatic N) is 2. The lowest BCUT2D eigenvalue weighted by Crippen LogP contribution is -2.17. The maximum Gasteiger partial charge on any atom is 0.573 e. The number of sulfonamides is 1. The lowest BCUT2D eigenvalue weighted by molar-refractivity contribution is -0.274. The number of benzene rings is 3. The molecule has 0 aliphatic carbocycles. The monoisotopic (exact) mass is 490 g/mol. The largest absolute Gasteiger partial charge is 0.573 e. The molecule has 1 heterocycles. The summed E-state index contributed by atoms with van der Waals surface area (Å²) in [6.07, 6.45) is -4.81. The Labute approximate surface area is 192 Å². The summed E-state index contributed by atoms with van der Waals surface area (Å²) in [6.45, 7) is 0. The lowest BCUT2D eigenvalue weighted by Gasteiger charge is -2.14. The molecule has 0 radical (unpaired) electrons. The van der Waals surface area contributed by atoms with Gasteiger partial charge < -0.3 is 14.8 Å². The van der Waals surface area contributed by atoms with Crippen molar-refractivity contribution in [2.45, 2.75) is 11.3 Å². The second-order valence-corrected chi connectivity index (χ2v) is 8.57. The van der Waals surface area contributed by atoms with Crippen LogP contribution in [0.3, 0.4) is 0 Å². The molecule has 0 fully saturated rings. The van der Waals surface area contributed by atoms with Gasteiger partial charge in [-0.3, -0.25) is 4.72 Å². The van der Waals surface area contributed by atoms with Gasteiger partial charge in [0, 0.05) is 5.69 Å². The zero-order chi connectivity index (χ0) is 24.3. The quantitative estimate of drug-likeness (QED) is 0.372. The van der Waals surface area contributed by atoms with Crippen LogP contribution in [0.1, 0.15) is 0 Å². The summed E-state index contributed by atoms with van der Waals surface area (Å²) in [5.74, 6) is 0.0539. The van der Waals surface area contributed by atoms with Crippen LogP contribution < -0.4 is 19.5 Å². The number of anilines is 3. The SMILES string of the molecule is COc1ccc(S(=O)(=O)Nc2nc3ccccc3nc2Nc2ccc(OC(F)(F)F)cc2)cc1. The van der Waals surface area contributed by atoms with Gasteiger partial charge in [0.1, 0.15) is 11.5 Å². The minimum atomic E-state index is -4.81. The molecule has 1 aromatic heterocycles. The van der Waals surface area contributed by atoms with Crippen molar-refractivity contribution in [2.75, 3.05) is 17.1 Å². The summed E-state index contributed by atoms with van der Waals surface area (Å²) in [4.78, 5) is 8.77. The molecule has 0 unspecified atom stereocenters. The Hall–Kier alpha value is -4.06. The van der Waals surface area contributed by atoms with Gasteiger partial charge in [-0.15, -0.1) is 13.2 Å². The van der Waals surface area contributed by atoms with Crippen LogP contribution >= 0.6 is 0 Å². The fourth-order valence-electron chi connectivity index (χ4n) is 2.98. The number of aromatic nitrogens is 2. The number of hydrogen-bond donors (Lipinski definition) is 2. The fraction of sp³-hybridized carbons (Fsp3) is 0.0909. The van der Waals surface area contributed by atoms with Gasteiger partial charge in [0.05, 0.1) is 23.0 Å². The topological polar surface area (TPSA) is 102 Å². The van der Waals surface area contributed by atoms with E-state index in [2.05, 4.69) is 24.7 Å². The van der Waals surface area contributed by atoms with Gasteiger partial charge in [0.25, 0.3) is 10.0 Å². The van der Waals surface area contributed by atoms with Gasteiger partial charge in [-0.2, -0.15) is 0 Å². The summed E-state index contributed by atoms with van der Waals surface area (Å²) < 4.78 is 74.4. The van der Waals surface area contributed by atoms with Gasteiger partial charge in [-0.1, -0.05) is 12.1 Å². The highest BCUT2D eigenvalue weighted by Gasteiger charge is 2.31. The normalized spacial score (nSPS) is 11.8. The molecule has 0 amide bonds. The predicted octanol–water partition coefficient (Wildman–Crippen LogP) is 5.08. The highest BCUT2D eigenvalue weighted by atomic mass is 32.2. The molecule has 0 spiro atoms. The number of ether oxygens (including phenoxy) is 2. The van der Waals surface area contributed by atoms with E-state index in [4.69, 9.17) is 4.74 Å². The molecular formula is C22H17F3N4O4S. The smallest absolute Gasteiger partial charge is 0.497 e. The molecule has 34 heavy (non-hydrogen) atoms. The van der Waals surface area contributed by atoms with Gasteiger partial charge in [-0.05, 0) is 60.7 Å². The molecule has 4 rings (SSSR count). The van der Waals surface area contributed by atoms with E-state index in [0.717, 1.165) is 12.1 Å². The Morgan fingerprint density at radius 1 is 0.794 bits per heavy atom. The molecular weight excluding hydrogens is 473 g/mol. The van der Waals surface area contributed by atoms with E-state index in [9.17, 15) is 21.6 Å². The molecule has 8 nitrogen and oxygen atoms in total. The number of methoxy groups -OCH3 is 1. The maximum absolute atomic E-state index is 12.9. The molecule has 0 atom stereocenters. The lowest BCUT2D eigenvalue weighted by atomic mass is 10.3. The second-order valence-electron chi connectivity index (χ2n) is 6.89. The Morgan fingerprint density at radius 2 is 1.35 bits per heavy atom. The van der Waals surface area contributed by atoms with Crippen molar-refractivity contribution < 1.29 is 31.1 Å². The van der Waals surface area contributed by atoms with E-state index in [1.54, 1.807) is 24.3 Å². The summed E-state index contributed by atoms with van der Waals surface area (Å²) in [7, 11) is -2.58. The van der Waals surface area contributed by atoms with Crippen molar-refractivity contribution in [1.29, 1.82) is 0 Å².